The van der Waals surface area contributed by atoms with Crippen LogP contribution in [0.15, 0.2) is 199 Å². The molecule has 87 heavy (non-hydrogen) atoms. The Kier molecular flexibility index (Phi) is 15.7. The predicted molar refractivity (Wildman–Crippen MR) is 379 cm³/mol. The maximum absolute atomic E-state index is 6.73. The van der Waals surface area contributed by atoms with E-state index in [1.807, 2.05) is 13.8 Å². The van der Waals surface area contributed by atoms with Crippen molar-refractivity contribution in [3.8, 4) is 11.1 Å². The van der Waals surface area contributed by atoms with E-state index >= 15 is 0 Å². The van der Waals surface area contributed by atoms with E-state index in [9.17, 15) is 0 Å². The summed E-state index contributed by atoms with van der Waals surface area (Å²) in [7, 11) is 0. The van der Waals surface area contributed by atoms with Crippen molar-refractivity contribution >= 4 is 102 Å². The number of para-hydroxylation sites is 2. The minimum atomic E-state index is -0.178. The molecule has 0 radical (unpaired) electrons. The number of benzene rings is 9. The molecule has 4 nitrogen and oxygen atoms in total. The van der Waals surface area contributed by atoms with Crippen LogP contribution in [0.25, 0.3) is 38.6 Å². The summed E-state index contributed by atoms with van der Waals surface area (Å²) < 4.78 is 6.73. The van der Waals surface area contributed by atoms with Gasteiger partial charge in [-0.3, -0.25) is 0 Å². The Morgan fingerprint density at radius 2 is 1.11 bits per heavy atom. The highest BCUT2D eigenvalue weighted by molar-refractivity contribution is 7.00. The predicted octanol–water partition coefficient (Wildman–Crippen LogP) is 22.4. The van der Waals surface area contributed by atoms with E-state index in [2.05, 4.69) is 299 Å². The van der Waals surface area contributed by atoms with Crippen molar-refractivity contribution < 1.29 is 4.42 Å². The van der Waals surface area contributed by atoms with Crippen LogP contribution in [0.1, 0.15) is 167 Å². The average Bonchev–Trinajstić information content (AvgIpc) is 1.21. The zero-order valence-corrected chi connectivity index (χ0v) is 54.4. The lowest BCUT2D eigenvalue weighted by Crippen LogP contribution is -2.61. The number of fused-ring (bicyclic) bond motifs is 7. The quantitative estimate of drug-likeness (QED) is 0.106. The molecule has 0 bridgehead atoms. The fourth-order valence-electron chi connectivity index (χ4n) is 14.2. The van der Waals surface area contributed by atoms with Crippen LogP contribution in [0.4, 0.5) is 51.2 Å². The Morgan fingerprint density at radius 3 is 1.74 bits per heavy atom. The lowest BCUT2D eigenvalue weighted by Gasteiger charge is -2.46. The van der Waals surface area contributed by atoms with Gasteiger partial charge in [-0.1, -0.05) is 205 Å². The second-order valence-corrected chi connectivity index (χ2v) is 27.6. The Hall–Kier alpha value is -8.28. The third kappa shape index (κ3) is 10.7. The van der Waals surface area contributed by atoms with Crippen LogP contribution in [-0.4, -0.2) is 6.71 Å². The second kappa shape index (κ2) is 23.1. The van der Waals surface area contributed by atoms with Crippen molar-refractivity contribution in [3.63, 3.8) is 0 Å². The number of aryl methyl sites for hydroxylation is 2. The molecule has 5 heteroatoms. The molecule has 9 aromatic carbocycles. The molecule has 2 aliphatic heterocycles. The first kappa shape index (κ1) is 59.1. The lowest BCUT2D eigenvalue weighted by atomic mass is 9.33. The van der Waals surface area contributed by atoms with E-state index in [4.69, 9.17) is 4.42 Å². The number of anilines is 9. The van der Waals surface area contributed by atoms with Crippen molar-refractivity contribution in [2.45, 2.75) is 158 Å². The van der Waals surface area contributed by atoms with Gasteiger partial charge in [-0.05, 0) is 214 Å². The average molecular weight is 1140 g/mol. The maximum atomic E-state index is 6.73. The Bertz CT molecular complexity index is 4240. The van der Waals surface area contributed by atoms with Crippen LogP contribution in [-0.2, 0) is 16.2 Å². The molecular weight excluding hydrogens is 1050 g/mol. The van der Waals surface area contributed by atoms with E-state index in [1.165, 1.54) is 127 Å². The molecule has 1 aliphatic carbocycles. The van der Waals surface area contributed by atoms with Crippen molar-refractivity contribution in [2.24, 2.45) is 0 Å². The summed E-state index contributed by atoms with van der Waals surface area (Å²) in [4.78, 5) is 7.77. The van der Waals surface area contributed by atoms with Gasteiger partial charge in [0.1, 0.15) is 11.2 Å². The molecule has 0 atom stereocenters. The zero-order chi connectivity index (χ0) is 61.3. The summed E-state index contributed by atoms with van der Waals surface area (Å²) in [6.45, 7) is 33.8. The van der Waals surface area contributed by atoms with E-state index < -0.39 is 0 Å². The van der Waals surface area contributed by atoms with Gasteiger partial charge < -0.3 is 19.1 Å². The van der Waals surface area contributed by atoms with E-state index in [-0.39, 0.29) is 23.0 Å². The molecule has 0 unspecified atom stereocenters. The van der Waals surface area contributed by atoms with Gasteiger partial charge in [-0.15, -0.1) is 0 Å². The molecule has 13 rings (SSSR count). The Balaban J connectivity index is 0.00000366. The van der Waals surface area contributed by atoms with Gasteiger partial charge in [-0.2, -0.15) is 0 Å². The second-order valence-electron chi connectivity index (χ2n) is 27.6. The fourth-order valence-corrected chi connectivity index (χ4v) is 14.2. The molecule has 10 aromatic rings. The molecule has 1 aromatic heterocycles. The third-order valence-electron chi connectivity index (χ3n) is 18.8. The smallest absolute Gasteiger partial charge is 0.252 e. The van der Waals surface area contributed by atoms with E-state index in [0.29, 0.717) is 5.92 Å². The summed E-state index contributed by atoms with van der Waals surface area (Å²) in [6, 6.07) is 67.9. The normalized spacial score (nSPS) is 14.5. The van der Waals surface area contributed by atoms with E-state index in [1.54, 1.807) is 0 Å². The number of rotatable bonds is 9. The third-order valence-corrected chi connectivity index (χ3v) is 18.8. The molecule has 3 heterocycles. The monoisotopic (exact) mass is 1140 g/mol. The first-order valence-electron chi connectivity index (χ1n) is 32.3. The summed E-state index contributed by atoms with van der Waals surface area (Å²) in [6.07, 6.45) is 12.9. The number of allylic oxidation sites excluding steroid dienone is 4. The van der Waals surface area contributed by atoms with Crippen LogP contribution in [0.2, 0.25) is 0 Å². The Labute approximate surface area is 520 Å². The van der Waals surface area contributed by atoms with Gasteiger partial charge in [0.2, 0.25) is 0 Å². The van der Waals surface area contributed by atoms with E-state index in [0.717, 1.165) is 50.1 Å². The van der Waals surface area contributed by atoms with Crippen molar-refractivity contribution in [1.82, 2.24) is 0 Å². The topological polar surface area (TPSA) is 22.9 Å². The highest BCUT2D eigenvalue weighted by Gasteiger charge is 2.45. The molecule has 0 N–H and O–H groups in total. The number of furan rings is 1. The SMILES string of the molecule is C/C=C\C(=C/C)c1ccc(N(c2ccc(C(C)(C)C)cc2)c2ccc3c(c2)N(c2c(C)cc(-c4cccc5c4oc4ccccc45)cc2C)c2cc(C(C)(C)C)cc4c2B3c2cc(C3CCCCC3)ccc2N4c2ccc(C(C)(C)C)cc2)cc1.CC. The van der Waals surface area contributed by atoms with Crippen LogP contribution in [0, 0.1) is 13.8 Å². The molecule has 3 aliphatic rings. The highest BCUT2D eigenvalue weighted by Crippen LogP contribution is 2.51. The zero-order valence-electron chi connectivity index (χ0n) is 54.4. The van der Waals surface area contributed by atoms with Crippen molar-refractivity contribution in [2.75, 3.05) is 14.7 Å². The maximum Gasteiger partial charge on any atom is 0.252 e. The fraction of sp³-hybridized carbons (Fsp3) is 0.293. The van der Waals surface area contributed by atoms with Crippen molar-refractivity contribution in [3.05, 3.63) is 233 Å². The number of hydrogen-bond donors (Lipinski definition) is 0. The number of hydrogen-bond acceptors (Lipinski definition) is 4. The molecule has 440 valence electrons. The van der Waals surface area contributed by atoms with Crippen molar-refractivity contribution in [1.29, 1.82) is 0 Å². The van der Waals surface area contributed by atoms with Gasteiger partial charge >= 0.3 is 0 Å². The number of nitrogens with zero attached hydrogens (tertiary/aromatic N) is 3. The van der Waals surface area contributed by atoms with Crippen LogP contribution >= 0.6 is 0 Å². The molecule has 1 fully saturated rings. The first-order valence-corrected chi connectivity index (χ1v) is 32.3. The Morgan fingerprint density at radius 1 is 0.529 bits per heavy atom. The standard InChI is InChI=1S/C80H82BN3O.C2H6/c1-14-22-53(15-2)55-29-36-61(37-30-55)82(62-38-32-58(33-39-62)78(5,6)7)64-42-43-68-71(50-64)84(76-51(3)45-57(46-52(76)4)65-26-21-27-67-66-25-19-20-28-74(66)85-77(65)67)73-49-60(80(11,12)13)48-72-75(73)81(68)69-47-56(54-23-17-16-18-24-54)31-44-70(69)83(72)63-40-34-59(35-41-63)79(8,9)10;1-2/h14-15,19-22,25-50,54H,16-18,23-24H2,1-13H3;1-2H3/b22-14-,53-15+;. The molecule has 0 amide bonds. The summed E-state index contributed by atoms with van der Waals surface area (Å²) >= 11 is 0. The minimum absolute atomic E-state index is 0.00755. The molecule has 0 spiro atoms. The summed E-state index contributed by atoms with van der Waals surface area (Å²) in [5.74, 6) is 0.547. The lowest BCUT2D eigenvalue weighted by molar-refractivity contribution is 0.444. The van der Waals surface area contributed by atoms with Gasteiger partial charge in [0.15, 0.2) is 0 Å². The first-order chi connectivity index (χ1) is 41.8. The molecule has 0 saturated heterocycles. The van der Waals surface area contributed by atoms with Gasteiger partial charge in [-0.25, -0.2) is 0 Å². The largest absolute Gasteiger partial charge is 0.455 e. The minimum Gasteiger partial charge on any atom is -0.455 e. The van der Waals surface area contributed by atoms with Crippen LogP contribution < -0.4 is 31.1 Å². The van der Waals surface area contributed by atoms with Crippen LogP contribution in [0.3, 0.4) is 0 Å². The van der Waals surface area contributed by atoms with Gasteiger partial charge in [0.05, 0.1) is 5.69 Å². The molecule has 1 saturated carbocycles. The summed E-state index contributed by atoms with van der Waals surface area (Å²) in [5.41, 5.74) is 28.8. The highest BCUT2D eigenvalue weighted by atomic mass is 16.3. The van der Waals surface area contributed by atoms with Crippen LogP contribution in [0.5, 0.6) is 0 Å². The van der Waals surface area contributed by atoms with Gasteiger partial charge in [0.25, 0.3) is 6.71 Å². The molecular formula is C82H88BN3O. The van der Waals surface area contributed by atoms with Gasteiger partial charge in [0, 0.05) is 61.8 Å². The summed E-state index contributed by atoms with van der Waals surface area (Å²) in [5, 5.41) is 2.28.